The Labute approximate surface area is 98.1 Å². The van der Waals surface area contributed by atoms with E-state index in [1.54, 1.807) is 0 Å². The van der Waals surface area contributed by atoms with Crippen LogP contribution >= 0.6 is 58.0 Å². The average molecular weight is 283 g/mol. The number of rotatable bonds is 1. The van der Waals surface area contributed by atoms with Gasteiger partial charge in [-0.25, -0.2) is 0 Å². The molecule has 0 radical (unpaired) electrons. The maximum Gasteiger partial charge on any atom is 0.341 e. The van der Waals surface area contributed by atoms with Gasteiger partial charge in [-0.2, -0.15) is 15.0 Å². The zero-order chi connectivity index (χ0) is 10.1. The van der Waals surface area contributed by atoms with Gasteiger partial charge >= 0.3 is 9.99 Å². The van der Waals surface area contributed by atoms with E-state index in [2.05, 4.69) is 19.7 Å². The lowest BCUT2D eigenvalue weighted by Gasteiger charge is -2.10. The van der Waals surface area contributed by atoms with Crippen molar-refractivity contribution in [2.45, 2.75) is 3.98 Å². The van der Waals surface area contributed by atoms with Gasteiger partial charge in [0.2, 0.25) is 10.6 Å². The zero-order valence-electron chi connectivity index (χ0n) is 5.64. The number of hydrogen-bond donors (Lipinski definition) is 0. The molecule has 0 N–H and O–H groups in total. The number of halogens is 5. The largest absolute Gasteiger partial charge is 0.412 e. The van der Waals surface area contributed by atoms with Crippen LogP contribution < -0.4 is 4.74 Å². The Hall–Kier alpha value is 0.260. The molecule has 13 heavy (non-hydrogen) atoms. The highest BCUT2D eigenvalue weighted by molar-refractivity contribution is 6.66. The van der Waals surface area contributed by atoms with Crippen molar-refractivity contribution in [3.05, 3.63) is 10.6 Å². The van der Waals surface area contributed by atoms with Gasteiger partial charge in [0.1, 0.15) is 0 Å². The first-order valence-electron chi connectivity index (χ1n) is 2.69. The summed E-state index contributed by atoms with van der Waals surface area (Å²) in [6.07, 6.45) is 0. The summed E-state index contributed by atoms with van der Waals surface area (Å²) in [6, 6.07) is -0.259. The third-order valence-electron chi connectivity index (χ3n) is 0.767. The summed E-state index contributed by atoms with van der Waals surface area (Å²) < 4.78 is 2.66. The van der Waals surface area contributed by atoms with Crippen LogP contribution in [0.2, 0.25) is 10.6 Å². The molecular formula is C4Cl5N3O. The van der Waals surface area contributed by atoms with Crippen LogP contribution in [0.25, 0.3) is 0 Å². The van der Waals surface area contributed by atoms with E-state index in [9.17, 15) is 0 Å². The minimum atomic E-state index is -1.96. The molecule has 9 heteroatoms. The standard InChI is InChI=1S/C4Cl5N3O/c5-1-10-2(6)12-3(11-1)13-4(7,8)9. The van der Waals surface area contributed by atoms with Crippen molar-refractivity contribution in [1.82, 2.24) is 15.0 Å². The molecule has 0 saturated carbocycles. The third kappa shape index (κ3) is 4.33. The van der Waals surface area contributed by atoms with E-state index in [-0.39, 0.29) is 16.6 Å². The highest BCUT2D eigenvalue weighted by Crippen LogP contribution is 2.28. The number of aromatic nitrogens is 3. The molecule has 0 aromatic carbocycles. The number of nitrogens with zero attached hydrogens (tertiary/aromatic N) is 3. The van der Waals surface area contributed by atoms with Crippen molar-refractivity contribution < 1.29 is 4.74 Å². The van der Waals surface area contributed by atoms with Gasteiger partial charge in [-0.05, 0) is 58.0 Å². The minimum absolute atomic E-state index is 0.149. The molecule has 1 aromatic heterocycles. The molecule has 0 saturated heterocycles. The molecule has 0 spiro atoms. The van der Waals surface area contributed by atoms with Crippen LogP contribution in [0.4, 0.5) is 0 Å². The monoisotopic (exact) mass is 281 g/mol. The average Bonchev–Trinajstić information content (AvgIpc) is 1.78. The summed E-state index contributed by atoms with van der Waals surface area (Å²) in [6.45, 7) is 0. The van der Waals surface area contributed by atoms with Crippen molar-refractivity contribution in [2.75, 3.05) is 0 Å². The van der Waals surface area contributed by atoms with Gasteiger partial charge in [0.05, 0.1) is 0 Å². The van der Waals surface area contributed by atoms with Crippen LogP contribution in [0, 0.1) is 0 Å². The second-order valence-corrected chi connectivity index (χ2v) is 4.56. The van der Waals surface area contributed by atoms with E-state index >= 15 is 0 Å². The molecule has 0 bridgehead atoms. The summed E-state index contributed by atoms with van der Waals surface area (Å²) in [7, 11) is 0. The Bertz CT molecular complexity index is 293. The Morgan fingerprint density at radius 2 is 1.38 bits per heavy atom. The smallest absolute Gasteiger partial charge is 0.341 e. The molecule has 1 heterocycles. The molecule has 0 atom stereocenters. The summed E-state index contributed by atoms with van der Waals surface area (Å²) in [5, 5.41) is -0.298. The van der Waals surface area contributed by atoms with E-state index in [0.717, 1.165) is 0 Å². The predicted octanol–water partition coefficient (Wildman–Crippen LogP) is 2.88. The van der Waals surface area contributed by atoms with Crippen LogP contribution in [-0.2, 0) is 0 Å². The molecule has 0 unspecified atom stereocenters. The first kappa shape index (κ1) is 11.3. The van der Waals surface area contributed by atoms with Crippen molar-refractivity contribution in [3.63, 3.8) is 0 Å². The van der Waals surface area contributed by atoms with Crippen LogP contribution in [0.15, 0.2) is 0 Å². The number of ether oxygens (including phenoxy) is 1. The van der Waals surface area contributed by atoms with E-state index < -0.39 is 3.98 Å². The maximum atomic E-state index is 5.42. The van der Waals surface area contributed by atoms with Gasteiger partial charge in [-0.1, -0.05) is 0 Å². The first-order valence-corrected chi connectivity index (χ1v) is 4.58. The number of alkyl halides is 3. The quantitative estimate of drug-likeness (QED) is 0.744. The van der Waals surface area contributed by atoms with Crippen molar-refractivity contribution >= 4 is 58.0 Å². The SMILES string of the molecule is Clc1nc(Cl)nc(OC(Cl)(Cl)Cl)n1. The number of hydrogen-bond acceptors (Lipinski definition) is 4. The molecule has 0 aliphatic heterocycles. The summed E-state index contributed by atoms with van der Waals surface area (Å²) in [5.74, 6) is 0. The molecule has 4 nitrogen and oxygen atoms in total. The van der Waals surface area contributed by atoms with Crippen LogP contribution in [-0.4, -0.2) is 18.9 Å². The van der Waals surface area contributed by atoms with E-state index in [1.807, 2.05) is 0 Å². The van der Waals surface area contributed by atoms with Crippen molar-refractivity contribution in [2.24, 2.45) is 0 Å². The van der Waals surface area contributed by atoms with Gasteiger partial charge in [0.25, 0.3) is 0 Å². The molecule has 0 aliphatic rings. The summed E-state index contributed by atoms with van der Waals surface area (Å²) >= 11 is 26.7. The maximum absolute atomic E-state index is 5.42. The third-order valence-corrected chi connectivity index (χ3v) is 1.34. The highest BCUT2D eigenvalue weighted by Gasteiger charge is 2.24. The molecule has 0 amide bonds. The van der Waals surface area contributed by atoms with E-state index in [1.165, 1.54) is 0 Å². The normalized spacial score (nSPS) is 11.5. The van der Waals surface area contributed by atoms with Gasteiger partial charge in [-0.3, -0.25) is 0 Å². The second kappa shape index (κ2) is 4.19. The first-order chi connectivity index (χ1) is 5.87. The molecular weight excluding hydrogens is 283 g/mol. The molecule has 1 aromatic rings. The molecule has 0 fully saturated rings. The van der Waals surface area contributed by atoms with Crippen molar-refractivity contribution in [3.8, 4) is 6.01 Å². The Kier molecular flexibility index (Phi) is 3.65. The summed E-state index contributed by atoms with van der Waals surface area (Å²) in [4.78, 5) is 10.5. The summed E-state index contributed by atoms with van der Waals surface area (Å²) in [5.41, 5.74) is 0. The Balaban J connectivity index is 2.90. The zero-order valence-corrected chi connectivity index (χ0v) is 9.42. The fourth-order valence-corrected chi connectivity index (χ4v) is 1.01. The van der Waals surface area contributed by atoms with Gasteiger partial charge < -0.3 is 4.74 Å². The second-order valence-electron chi connectivity index (χ2n) is 1.70. The topological polar surface area (TPSA) is 47.9 Å². The fourth-order valence-electron chi connectivity index (χ4n) is 0.458. The minimum Gasteiger partial charge on any atom is -0.412 e. The van der Waals surface area contributed by atoms with Gasteiger partial charge in [0.15, 0.2) is 0 Å². The Morgan fingerprint density at radius 1 is 0.923 bits per heavy atom. The lowest BCUT2D eigenvalue weighted by atomic mass is 11.0. The van der Waals surface area contributed by atoms with Crippen LogP contribution in [0.3, 0.4) is 0 Å². The predicted molar refractivity (Wildman–Crippen MR) is 50.8 cm³/mol. The van der Waals surface area contributed by atoms with E-state index in [4.69, 9.17) is 58.0 Å². The molecule has 0 aliphatic carbocycles. The molecule has 72 valence electrons. The highest BCUT2D eigenvalue weighted by atomic mass is 35.6. The molecule has 1 rings (SSSR count). The Morgan fingerprint density at radius 3 is 1.77 bits per heavy atom. The lowest BCUT2D eigenvalue weighted by Crippen LogP contribution is -2.15. The van der Waals surface area contributed by atoms with Crippen molar-refractivity contribution in [1.29, 1.82) is 0 Å². The van der Waals surface area contributed by atoms with Crippen LogP contribution in [0.1, 0.15) is 0 Å². The van der Waals surface area contributed by atoms with Crippen LogP contribution in [0.5, 0.6) is 6.01 Å². The van der Waals surface area contributed by atoms with E-state index in [0.29, 0.717) is 0 Å². The van der Waals surface area contributed by atoms with Gasteiger partial charge in [-0.15, -0.1) is 0 Å². The fraction of sp³-hybridized carbons (Fsp3) is 0.250. The lowest BCUT2D eigenvalue weighted by molar-refractivity contribution is 0.292. The van der Waals surface area contributed by atoms with Gasteiger partial charge in [0, 0.05) is 0 Å².